The van der Waals surface area contributed by atoms with Gasteiger partial charge in [0.15, 0.2) is 0 Å². The highest BCUT2D eigenvalue weighted by Crippen LogP contribution is 2.29. The molecule has 2 rings (SSSR count). The first-order valence-electron chi connectivity index (χ1n) is 7.85. The Bertz CT molecular complexity index is 489. The number of ether oxygens (including phenoxy) is 2. The second-order valence-corrected chi connectivity index (χ2v) is 5.97. The van der Waals surface area contributed by atoms with E-state index in [1.54, 1.807) is 7.11 Å². The van der Waals surface area contributed by atoms with Gasteiger partial charge in [-0.15, -0.1) is 0 Å². The summed E-state index contributed by atoms with van der Waals surface area (Å²) < 4.78 is 10.9. The van der Waals surface area contributed by atoms with E-state index >= 15 is 0 Å². The van der Waals surface area contributed by atoms with E-state index in [4.69, 9.17) is 9.47 Å². The van der Waals surface area contributed by atoms with Gasteiger partial charge in [0.2, 0.25) is 5.91 Å². The standard InChI is InChI=1S/C17H26N2O3/c1-4-18-16(20)17(2)9-10-19(13-17)11-12-22-15-7-5-14(21-3)6-8-15/h5-8H,4,9-13H2,1-3H3,(H,18,20). The number of nitrogens with zero attached hydrogens (tertiary/aromatic N) is 1. The van der Waals surface area contributed by atoms with Crippen LogP contribution >= 0.6 is 0 Å². The predicted octanol–water partition coefficient (Wildman–Crippen LogP) is 1.92. The quantitative estimate of drug-likeness (QED) is 0.836. The number of rotatable bonds is 7. The number of hydrogen-bond donors (Lipinski definition) is 1. The molecule has 0 aromatic heterocycles. The molecule has 1 saturated heterocycles. The maximum atomic E-state index is 12.1. The summed E-state index contributed by atoms with van der Waals surface area (Å²) in [7, 11) is 1.65. The third-order valence-electron chi connectivity index (χ3n) is 4.17. The van der Waals surface area contributed by atoms with Crippen LogP contribution in [-0.4, -0.2) is 50.7 Å². The molecule has 0 spiro atoms. The van der Waals surface area contributed by atoms with E-state index in [9.17, 15) is 4.79 Å². The number of carbonyl (C=O) groups is 1. The van der Waals surface area contributed by atoms with E-state index in [1.807, 2.05) is 38.1 Å². The Morgan fingerprint density at radius 2 is 2.00 bits per heavy atom. The first kappa shape index (κ1) is 16.6. The smallest absolute Gasteiger partial charge is 0.227 e. The molecule has 1 fully saturated rings. The summed E-state index contributed by atoms with van der Waals surface area (Å²) in [6, 6.07) is 7.58. The van der Waals surface area contributed by atoms with Gasteiger partial charge in [-0.2, -0.15) is 0 Å². The molecule has 1 amide bonds. The van der Waals surface area contributed by atoms with Gasteiger partial charge >= 0.3 is 0 Å². The van der Waals surface area contributed by atoms with Gasteiger partial charge < -0.3 is 14.8 Å². The molecule has 1 unspecified atom stereocenters. The number of likely N-dealkylation sites (tertiary alicyclic amines) is 1. The van der Waals surface area contributed by atoms with Crippen molar-refractivity contribution in [1.29, 1.82) is 0 Å². The molecule has 1 atom stereocenters. The van der Waals surface area contributed by atoms with Crippen molar-refractivity contribution < 1.29 is 14.3 Å². The van der Waals surface area contributed by atoms with Crippen molar-refractivity contribution in [1.82, 2.24) is 10.2 Å². The SMILES string of the molecule is CCNC(=O)C1(C)CCN(CCOc2ccc(OC)cc2)C1. The minimum Gasteiger partial charge on any atom is -0.497 e. The van der Waals surface area contributed by atoms with Crippen LogP contribution in [0.5, 0.6) is 11.5 Å². The van der Waals surface area contributed by atoms with E-state index in [1.165, 1.54) is 0 Å². The summed E-state index contributed by atoms with van der Waals surface area (Å²) in [4.78, 5) is 14.4. The zero-order valence-electron chi connectivity index (χ0n) is 13.7. The molecule has 1 heterocycles. The van der Waals surface area contributed by atoms with Crippen molar-refractivity contribution >= 4 is 5.91 Å². The zero-order chi connectivity index (χ0) is 16.0. The van der Waals surface area contributed by atoms with Crippen LogP contribution in [0.3, 0.4) is 0 Å². The molecule has 0 aliphatic carbocycles. The Kier molecular flexibility index (Phi) is 5.66. The van der Waals surface area contributed by atoms with Gasteiger partial charge in [0, 0.05) is 19.6 Å². The molecule has 1 N–H and O–H groups in total. The van der Waals surface area contributed by atoms with Crippen LogP contribution in [0.2, 0.25) is 0 Å². The van der Waals surface area contributed by atoms with Crippen LogP contribution in [0.15, 0.2) is 24.3 Å². The second-order valence-electron chi connectivity index (χ2n) is 5.97. The predicted molar refractivity (Wildman–Crippen MR) is 86.3 cm³/mol. The molecule has 1 aliphatic rings. The van der Waals surface area contributed by atoms with Crippen LogP contribution in [0.1, 0.15) is 20.3 Å². The number of amides is 1. The monoisotopic (exact) mass is 306 g/mol. The van der Waals surface area contributed by atoms with Crippen LogP contribution in [-0.2, 0) is 4.79 Å². The van der Waals surface area contributed by atoms with E-state index in [2.05, 4.69) is 10.2 Å². The molecule has 1 aromatic rings. The maximum absolute atomic E-state index is 12.1. The Labute approximate surface area is 132 Å². The summed E-state index contributed by atoms with van der Waals surface area (Å²) in [6.45, 7) is 7.89. The van der Waals surface area contributed by atoms with E-state index in [0.717, 1.165) is 37.6 Å². The molecular formula is C17H26N2O3. The van der Waals surface area contributed by atoms with Crippen molar-refractivity contribution in [3.05, 3.63) is 24.3 Å². The van der Waals surface area contributed by atoms with Crippen molar-refractivity contribution in [2.24, 2.45) is 5.41 Å². The number of benzene rings is 1. The lowest BCUT2D eigenvalue weighted by Crippen LogP contribution is -2.41. The van der Waals surface area contributed by atoms with Gasteiger partial charge in [-0.25, -0.2) is 0 Å². The summed E-state index contributed by atoms with van der Waals surface area (Å²) in [5, 5.41) is 2.93. The second kappa shape index (κ2) is 7.49. The van der Waals surface area contributed by atoms with Gasteiger partial charge in [-0.05, 0) is 51.1 Å². The van der Waals surface area contributed by atoms with E-state index in [0.29, 0.717) is 13.2 Å². The molecule has 0 radical (unpaired) electrons. The van der Waals surface area contributed by atoms with Crippen LogP contribution in [0.4, 0.5) is 0 Å². The fraction of sp³-hybridized carbons (Fsp3) is 0.588. The highest BCUT2D eigenvalue weighted by atomic mass is 16.5. The van der Waals surface area contributed by atoms with Crippen molar-refractivity contribution in [3.8, 4) is 11.5 Å². The summed E-state index contributed by atoms with van der Waals surface area (Å²) >= 11 is 0. The first-order chi connectivity index (χ1) is 10.6. The van der Waals surface area contributed by atoms with Gasteiger partial charge in [0.25, 0.3) is 0 Å². The number of nitrogens with one attached hydrogen (secondary N) is 1. The summed E-state index contributed by atoms with van der Waals surface area (Å²) in [5.41, 5.74) is -0.268. The first-order valence-corrected chi connectivity index (χ1v) is 7.85. The fourth-order valence-corrected chi connectivity index (χ4v) is 2.77. The minimum absolute atomic E-state index is 0.161. The molecule has 0 bridgehead atoms. The maximum Gasteiger partial charge on any atom is 0.227 e. The lowest BCUT2D eigenvalue weighted by atomic mass is 9.89. The molecule has 1 aromatic carbocycles. The van der Waals surface area contributed by atoms with Crippen LogP contribution < -0.4 is 14.8 Å². The van der Waals surface area contributed by atoms with Crippen molar-refractivity contribution in [3.63, 3.8) is 0 Å². The zero-order valence-corrected chi connectivity index (χ0v) is 13.7. The fourth-order valence-electron chi connectivity index (χ4n) is 2.77. The number of carbonyl (C=O) groups excluding carboxylic acids is 1. The Morgan fingerprint density at radius 1 is 1.32 bits per heavy atom. The van der Waals surface area contributed by atoms with Crippen molar-refractivity contribution in [2.45, 2.75) is 20.3 Å². The van der Waals surface area contributed by atoms with Gasteiger partial charge in [-0.3, -0.25) is 9.69 Å². The average Bonchev–Trinajstić information content (AvgIpc) is 2.91. The number of hydrogen-bond acceptors (Lipinski definition) is 4. The van der Waals surface area contributed by atoms with Gasteiger partial charge in [0.1, 0.15) is 18.1 Å². The van der Waals surface area contributed by atoms with Crippen LogP contribution in [0.25, 0.3) is 0 Å². The Balaban J connectivity index is 1.75. The van der Waals surface area contributed by atoms with Gasteiger partial charge in [0.05, 0.1) is 12.5 Å². The summed E-state index contributed by atoms with van der Waals surface area (Å²) in [6.07, 6.45) is 0.904. The number of methoxy groups -OCH3 is 1. The largest absolute Gasteiger partial charge is 0.497 e. The topological polar surface area (TPSA) is 50.8 Å². The third kappa shape index (κ3) is 4.13. The Hall–Kier alpha value is -1.75. The van der Waals surface area contributed by atoms with E-state index < -0.39 is 0 Å². The molecule has 5 nitrogen and oxygen atoms in total. The third-order valence-corrected chi connectivity index (χ3v) is 4.17. The average molecular weight is 306 g/mol. The molecular weight excluding hydrogens is 280 g/mol. The summed E-state index contributed by atoms with van der Waals surface area (Å²) in [5.74, 6) is 1.82. The molecule has 5 heteroatoms. The minimum atomic E-state index is -0.268. The van der Waals surface area contributed by atoms with E-state index in [-0.39, 0.29) is 11.3 Å². The normalized spacial score (nSPS) is 21.6. The van der Waals surface area contributed by atoms with Gasteiger partial charge in [-0.1, -0.05) is 0 Å². The molecule has 0 saturated carbocycles. The van der Waals surface area contributed by atoms with Crippen LogP contribution in [0, 0.1) is 5.41 Å². The Morgan fingerprint density at radius 3 is 2.64 bits per heavy atom. The highest BCUT2D eigenvalue weighted by Gasteiger charge is 2.39. The van der Waals surface area contributed by atoms with Crippen molar-refractivity contribution in [2.75, 3.05) is 39.9 Å². The molecule has 122 valence electrons. The molecule has 1 aliphatic heterocycles. The highest BCUT2D eigenvalue weighted by molar-refractivity contribution is 5.82. The lowest BCUT2D eigenvalue weighted by molar-refractivity contribution is -0.129. The lowest BCUT2D eigenvalue weighted by Gasteiger charge is -2.23. The molecule has 22 heavy (non-hydrogen) atoms.